The number of hydrogen-bond donors (Lipinski definition) is 1. The lowest BCUT2D eigenvalue weighted by atomic mass is 9.90. The lowest BCUT2D eigenvalue weighted by Crippen LogP contribution is -2.59. The van der Waals surface area contributed by atoms with Crippen LogP contribution in [0.25, 0.3) is 0 Å². The first-order chi connectivity index (χ1) is 13.6. The molecule has 0 aliphatic rings. The molecule has 0 heterocycles. The summed E-state index contributed by atoms with van der Waals surface area (Å²) in [7, 11) is 0. The van der Waals surface area contributed by atoms with Gasteiger partial charge < -0.3 is 10.5 Å². The van der Waals surface area contributed by atoms with Gasteiger partial charge in [0.1, 0.15) is 0 Å². The van der Waals surface area contributed by atoms with Crippen molar-refractivity contribution in [1.82, 2.24) is 0 Å². The van der Waals surface area contributed by atoms with Gasteiger partial charge in [-0.1, -0.05) is 63.4 Å². The number of para-hydroxylation sites is 1. The third kappa shape index (κ3) is 7.00. The van der Waals surface area contributed by atoms with E-state index in [1.54, 1.807) is 13.8 Å². The molecule has 1 aromatic carbocycles. The maximum atomic E-state index is 13.3. The molecule has 1 rings (SSSR count). The molecule has 0 aromatic heterocycles. The average Bonchev–Trinajstić information content (AvgIpc) is 2.58. The highest BCUT2D eigenvalue weighted by Crippen LogP contribution is 2.51. The van der Waals surface area contributed by atoms with E-state index in [-0.39, 0.29) is 5.92 Å². The third-order valence-electron chi connectivity index (χ3n) is 3.79. The fourth-order valence-electron chi connectivity index (χ4n) is 2.45. The summed E-state index contributed by atoms with van der Waals surface area (Å²) in [5, 5.41) is 0. The predicted molar refractivity (Wildman–Crippen MR) is 109 cm³/mol. The number of benzene rings is 1. The molecule has 0 saturated carbocycles. The number of ether oxygens (including phenoxy) is 1. The minimum atomic E-state index is -5.74. The van der Waals surface area contributed by atoms with Crippen LogP contribution in [-0.4, -0.2) is 18.0 Å². The monoisotopic (exact) mass is 435 g/mol. The smallest absolute Gasteiger partial charge is 0.442 e. The van der Waals surface area contributed by atoms with E-state index in [2.05, 4.69) is 17.9 Å². The van der Waals surface area contributed by atoms with E-state index >= 15 is 0 Å². The van der Waals surface area contributed by atoms with Crippen LogP contribution in [0.15, 0.2) is 73.1 Å². The number of halogens is 6. The summed E-state index contributed by atoms with van der Waals surface area (Å²) in [6.07, 6.45) is -8.45. The van der Waals surface area contributed by atoms with Crippen LogP contribution < -0.4 is 5.73 Å². The van der Waals surface area contributed by atoms with Crippen LogP contribution in [0.3, 0.4) is 0 Å². The van der Waals surface area contributed by atoms with Crippen molar-refractivity contribution in [2.45, 2.75) is 45.6 Å². The second-order valence-electron chi connectivity index (χ2n) is 6.72. The second kappa shape index (κ2) is 10.9. The molecule has 0 aliphatic heterocycles. The highest BCUT2D eigenvalue weighted by molar-refractivity contribution is 5.45. The van der Waals surface area contributed by atoms with E-state index in [1.165, 1.54) is 6.08 Å². The highest BCUT2D eigenvalue weighted by Gasteiger charge is 2.75. The van der Waals surface area contributed by atoms with Crippen molar-refractivity contribution in [1.29, 1.82) is 0 Å². The number of anilines is 1. The van der Waals surface area contributed by atoms with Gasteiger partial charge in [0.2, 0.25) is 0 Å². The lowest BCUT2D eigenvalue weighted by Gasteiger charge is -2.38. The van der Waals surface area contributed by atoms with Crippen molar-refractivity contribution in [3.05, 3.63) is 78.6 Å². The van der Waals surface area contributed by atoms with Gasteiger partial charge in [-0.15, -0.1) is 0 Å². The van der Waals surface area contributed by atoms with Crippen molar-refractivity contribution in [2.75, 3.05) is 5.73 Å². The molecule has 0 spiro atoms. The van der Waals surface area contributed by atoms with Crippen LogP contribution in [-0.2, 0) is 4.74 Å². The van der Waals surface area contributed by atoms with E-state index in [4.69, 9.17) is 5.73 Å². The van der Waals surface area contributed by atoms with E-state index in [1.807, 2.05) is 31.2 Å². The van der Waals surface area contributed by atoms with Crippen molar-refractivity contribution in [2.24, 2.45) is 5.92 Å². The maximum Gasteiger partial charge on any atom is 0.442 e. The Labute approximate surface area is 173 Å². The van der Waals surface area contributed by atoms with Gasteiger partial charge >= 0.3 is 18.0 Å². The van der Waals surface area contributed by atoms with E-state index < -0.39 is 29.3 Å². The Kier molecular flexibility index (Phi) is 9.98. The molecule has 2 N–H and O–H groups in total. The Hall–Kier alpha value is -2.64. The first-order valence-electron chi connectivity index (χ1n) is 8.91. The van der Waals surface area contributed by atoms with Crippen LogP contribution in [0, 0.1) is 12.8 Å². The van der Waals surface area contributed by atoms with Crippen LogP contribution in [0.2, 0.25) is 0 Å². The zero-order valence-electron chi connectivity index (χ0n) is 17.4. The fourth-order valence-corrected chi connectivity index (χ4v) is 2.45. The Morgan fingerprint density at radius 3 is 1.83 bits per heavy atom. The molecular weight excluding hydrogens is 408 g/mol. The molecule has 0 atom stereocenters. The largest absolute Gasteiger partial charge is 0.470 e. The predicted octanol–water partition coefficient (Wildman–Crippen LogP) is 7.30. The first kappa shape index (κ1) is 27.4. The van der Waals surface area contributed by atoms with Gasteiger partial charge in [-0.2, -0.15) is 26.3 Å². The first-order valence-corrected chi connectivity index (χ1v) is 8.91. The van der Waals surface area contributed by atoms with Gasteiger partial charge in [0.05, 0.1) is 5.76 Å². The summed E-state index contributed by atoms with van der Waals surface area (Å²) in [5.41, 5.74) is 1.86. The molecule has 168 valence electrons. The molecule has 0 saturated heterocycles. The van der Waals surface area contributed by atoms with Gasteiger partial charge in [-0.25, -0.2) is 0 Å². The highest BCUT2D eigenvalue weighted by atomic mass is 19.4. The zero-order valence-corrected chi connectivity index (χ0v) is 17.4. The average molecular weight is 435 g/mol. The summed E-state index contributed by atoms with van der Waals surface area (Å²) in [5.74, 6) is -0.767. The normalized spacial score (nSPS) is 13.4. The number of rotatable bonds is 6. The fraction of sp³-hybridized carbons (Fsp3) is 0.364. The molecule has 0 unspecified atom stereocenters. The number of nitrogen functional groups attached to an aromatic ring is 1. The van der Waals surface area contributed by atoms with Gasteiger partial charge in [0.25, 0.3) is 0 Å². The lowest BCUT2D eigenvalue weighted by molar-refractivity contribution is -0.354. The van der Waals surface area contributed by atoms with E-state index in [9.17, 15) is 26.3 Å². The number of allylic oxidation sites excluding steroid dienone is 4. The Morgan fingerprint density at radius 2 is 1.53 bits per heavy atom. The summed E-state index contributed by atoms with van der Waals surface area (Å²) in [6, 6.07) is 7.80. The number of hydrogen-bond acceptors (Lipinski definition) is 2. The quantitative estimate of drug-likeness (QED) is 0.220. The molecule has 0 fully saturated rings. The van der Waals surface area contributed by atoms with Crippen LogP contribution in [0.5, 0.6) is 0 Å². The molecular formula is C22H27F6NO. The topological polar surface area (TPSA) is 35.2 Å². The third-order valence-corrected chi connectivity index (χ3v) is 3.79. The van der Waals surface area contributed by atoms with Crippen molar-refractivity contribution >= 4 is 5.69 Å². The van der Waals surface area contributed by atoms with E-state index in [0.29, 0.717) is 12.2 Å². The molecule has 0 aliphatic carbocycles. The van der Waals surface area contributed by atoms with Crippen molar-refractivity contribution in [3.8, 4) is 0 Å². The number of aryl methyl sites for hydroxylation is 1. The molecule has 30 heavy (non-hydrogen) atoms. The molecule has 2 nitrogen and oxygen atoms in total. The second-order valence-corrected chi connectivity index (χ2v) is 6.72. The SMILES string of the molecule is C=C/C=C(\C=C)C(OC(C)=CC(C)C)(C(F)(F)F)C(F)(F)F.Cc1ccccc1N. The van der Waals surface area contributed by atoms with Crippen molar-refractivity contribution < 1.29 is 31.1 Å². The molecule has 0 bridgehead atoms. The van der Waals surface area contributed by atoms with Gasteiger partial charge in [-0.05, 0) is 37.5 Å². The van der Waals surface area contributed by atoms with E-state index in [0.717, 1.165) is 24.3 Å². The van der Waals surface area contributed by atoms with Crippen LogP contribution in [0.4, 0.5) is 32.0 Å². The molecule has 1 aromatic rings. The maximum absolute atomic E-state index is 13.3. The number of alkyl halides is 6. The summed E-state index contributed by atoms with van der Waals surface area (Å²) < 4.78 is 84.4. The summed E-state index contributed by atoms with van der Waals surface area (Å²) >= 11 is 0. The molecule has 8 heteroatoms. The summed E-state index contributed by atoms with van der Waals surface area (Å²) in [6.45, 7) is 12.4. The van der Waals surface area contributed by atoms with Crippen molar-refractivity contribution in [3.63, 3.8) is 0 Å². The van der Waals surface area contributed by atoms with Gasteiger partial charge in [-0.3, -0.25) is 0 Å². The van der Waals surface area contributed by atoms with Gasteiger partial charge in [0.15, 0.2) is 0 Å². The Balaban J connectivity index is 0.000000867. The Bertz CT molecular complexity index is 738. The van der Waals surface area contributed by atoms with Crippen LogP contribution in [0.1, 0.15) is 26.3 Å². The van der Waals surface area contributed by atoms with Crippen LogP contribution >= 0.6 is 0 Å². The minimum Gasteiger partial charge on any atom is -0.470 e. The Morgan fingerprint density at radius 1 is 1.03 bits per heavy atom. The van der Waals surface area contributed by atoms with Gasteiger partial charge in [0, 0.05) is 11.3 Å². The molecule has 0 amide bonds. The minimum absolute atomic E-state index is 0.283. The standard InChI is InChI=1S/C15H18F6O.C7H9N/c1-6-8-12(7-2)13(14(16,17)18,15(19,20)21)22-11(5)9-10(3)4;1-6-4-2-3-5-7(6)8/h6-10H,1-2H2,3-5H3;2-5H,8H2,1H3/b11-9?,12-8+;. The zero-order chi connectivity index (χ0) is 23.8. The summed E-state index contributed by atoms with van der Waals surface area (Å²) in [4.78, 5) is 0. The number of nitrogens with two attached hydrogens (primary N) is 1. The molecule has 0 radical (unpaired) electrons.